The van der Waals surface area contributed by atoms with Gasteiger partial charge in [-0.05, 0) is 18.2 Å². The molecule has 4 aromatic rings. The second kappa shape index (κ2) is 6.34. The van der Waals surface area contributed by atoms with Crippen LogP contribution in [0.25, 0.3) is 21.8 Å². The van der Waals surface area contributed by atoms with Gasteiger partial charge in [-0.1, -0.05) is 42.1 Å². The van der Waals surface area contributed by atoms with Crippen LogP contribution in [0.2, 0.25) is 0 Å². The smallest absolute Gasteiger partial charge is 0.143 e. The van der Waals surface area contributed by atoms with E-state index in [1.54, 1.807) is 25.1 Å². The lowest BCUT2D eigenvalue weighted by Gasteiger charge is -2.13. The second-order valence-corrected chi connectivity index (χ2v) is 6.80. The lowest BCUT2D eigenvalue weighted by atomic mass is 10.2. The van der Waals surface area contributed by atoms with Gasteiger partial charge < -0.3 is 4.74 Å². The molecule has 2 aromatic carbocycles. The minimum atomic E-state index is 0.833. The van der Waals surface area contributed by atoms with E-state index in [0.717, 1.165) is 42.2 Å². The summed E-state index contributed by atoms with van der Waals surface area (Å²) in [6.07, 6.45) is 3.64. The van der Waals surface area contributed by atoms with Gasteiger partial charge in [0.25, 0.3) is 0 Å². The number of hydrogen-bond acceptors (Lipinski definition) is 5. The first kappa shape index (κ1) is 15.3. The Kier molecular flexibility index (Phi) is 4.04. The number of aromatic nitrogens is 2. The quantitative estimate of drug-likeness (QED) is 0.513. The summed E-state index contributed by atoms with van der Waals surface area (Å²) in [7, 11) is 1.69. The summed E-state index contributed by atoms with van der Waals surface area (Å²) in [5, 5.41) is 2.08. The summed E-state index contributed by atoms with van der Waals surface area (Å²) in [4.78, 5) is 11.9. The number of para-hydroxylation sites is 2. The third-order valence-electron chi connectivity index (χ3n) is 3.82. The Morgan fingerprint density at radius 2 is 1.50 bits per heavy atom. The lowest BCUT2D eigenvalue weighted by molar-refractivity contribution is 0.409. The molecule has 0 saturated carbocycles. The maximum Gasteiger partial charge on any atom is 0.143 e. The number of ether oxygens (including phenoxy) is 1. The van der Waals surface area contributed by atoms with Crippen molar-refractivity contribution in [1.82, 2.24) is 9.97 Å². The number of rotatable bonds is 3. The first-order chi connectivity index (χ1) is 11.8. The highest BCUT2D eigenvalue weighted by atomic mass is 32.2. The zero-order chi connectivity index (χ0) is 16.5. The zero-order valence-electron chi connectivity index (χ0n) is 12.9. The molecule has 0 spiro atoms. The number of benzene rings is 2. The van der Waals surface area contributed by atoms with Crippen LogP contribution in [0.15, 0.2) is 75.6 Å². The van der Waals surface area contributed by atoms with Gasteiger partial charge in [0, 0.05) is 33.0 Å². The van der Waals surface area contributed by atoms with Crippen molar-refractivity contribution in [1.29, 1.82) is 0 Å². The molecular weight excluding hydrogens is 336 g/mol. The highest BCUT2D eigenvalue weighted by Crippen LogP contribution is 2.42. The van der Waals surface area contributed by atoms with Gasteiger partial charge in [-0.25, -0.2) is 0 Å². The van der Waals surface area contributed by atoms with Crippen LogP contribution in [0, 0.1) is 0 Å². The zero-order valence-corrected chi connectivity index (χ0v) is 14.6. The van der Waals surface area contributed by atoms with E-state index < -0.39 is 0 Å². The van der Waals surface area contributed by atoms with E-state index in [1.807, 2.05) is 48.7 Å². The standard InChI is InChI=1S/C19H14N2OS2/c1-22-18-12-6-2-4-8-14(12)21-11-17(18)24-19-13-7-3-5-9-15(13)20-10-16(19)23/h2-11,23H,1H3. The van der Waals surface area contributed by atoms with E-state index in [1.165, 1.54) is 0 Å². The fourth-order valence-corrected chi connectivity index (χ4v) is 4.07. The topological polar surface area (TPSA) is 35.0 Å². The van der Waals surface area contributed by atoms with Crippen molar-refractivity contribution >= 4 is 46.2 Å². The predicted molar refractivity (Wildman–Crippen MR) is 101 cm³/mol. The van der Waals surface area contributed by atoms with Crippen LogP contribution < -0.4 is 4.74 Å². The largest absolute Gasteiger partial charge is 0.495 e. The van der Waals surface area contributed by atoms with Gasteiger partial charge in [0.15, 0.2) is 0 Å². The molecule has 4 rings (SSSR count). The van der Waals surface area contributed by atoms with Crippen molar-refractivity contribution in [2.45, 2.75) is 14.7 Å². The molecular formula is C19H14N2OS2. The fourth-order valence-electron chi connectivity index (χ4n) is 2.70. The van der Waals surface area contributed by atoms with E-state index in [9.17, 15) is 0 Å². The highest BCUT2D eigenvalue weighted by Gasteiger charge is 2.14. The van der Waals surface area contributed by atoms with Gasteiger partial charge in [-0.15, -0.1) is 12.6 Å². The first-order valence-corrected chi connectivity index (χ1v) is 8.70. The number of thiol groups is 1. The number of fused-ring (bicyclic) bond motifs is 2. The Hall–Kier alpha value is -2.24. The van der Waals surface area contributed by atoms with Crippen molar-refractivity contribution in [3.8, 4) is 5.75 Å². The summed E-state index contributed by atoms with van der Waals surface area (Å²) in [6.45, 7) is 0. The van der Waals surface area contributed by atoms with Crippen LogP contribution in [-0.4, -0.2) is 17.1 Å². The van der Waals surface area contributed by atoms with Crippen molar-refractivity contribution < 1.29 is 4.74 Å². The minimum Gasteiger partial charge on any atom is -0.495 e. The normalized spacial score (nSPS) is 11.1. The van der Waals surface area contributed by atoms with Gasteiger partial charge in [-0.2, -0.15) is 0 Å². The van der Waals surface area contributed by atoms with E-state index in [2.05, 4.69) is 28.7 Å². The van der Waals surface area contributed by atoms with Crippen LogP contribution in [-0.2, 0) is 0 Å². The SMILES string of the molecule is COc1c(Sc2c(S)cnc3ccccc23)cnc2ccccc12. The molecule has 0 saturated heterocycles. The molecule has 118 valence electrons. The van der Waals surface area contributed by atoms with E-state index in [-0.39, 0.29) is 0 Å². The number of methoxy groups -OCH3 is 1. The molecule has 0 aliphatic heterocycles. The van der Waals surface area contributed by atoms with Gasteiger partial charge in [0.05, 0.1) is 23.0 Å². The van der Waals surface area contributed by atoms with Gasteiger partial charge in [-0.3, -0.25) is 9.97 Å². The van der Waals surface area contributed by atoms with Crippen LogP contribution in [0.5, 0.6) is 5.75 Å². The average Bonchev–Trinajstić information content (AvgIpc) is 2.63. The fraction of sp³-hybridized carbons (Fsp3) is 0.0526. The summed E-state index contributed by atoms with van der Waals surface area (Å²) >= 11 is 6.20. The van der Waals surface area contributed by atoms with Crippen LogP contribution >= 0.6 is 24.4 Å². The molecule has 5 heteroatoms. The Bertz CT molecular complexity index is 1050. The van der Waals surface area contributed by atoms with Crippen molar-refractivity contribution in [3.05, 3.63) is 60.9 Å². The van der Waals surface area contributed by atoms with Crippen molar-refractivity contribution in [2.75, 3.05) is 7.11 Å². The summed E-state index contributed by atoms with van der Waals surface area (Å²) in [6, 6.07) is 16.0. The maximum atomic E-state index is 5.68. The predicted octanol–water partition coefficient (Wildman–Crippen LogP) is 5.23. The van der Waals surface area contributed by atoms with Crippen LogP contribution in [0.3, 0.4) is 0 Å². The number of hydrogen-bond donors (Lipinski definition) is 1. The second-order valence-electron chi connectivity index (χ2n) is 5.26. The summed E-state index contributed by atoms with van der Waals surface area (Å²) < 4.78 is 5.68. The molecule has 0 unspecified atom stereocenters. The van der Waals surface area contributed by atoms with Crippen molar-refractivity contribution in [3.63, 3.8) is 0 Å². The molecule has 0 bridgehead atoms. The van der Waals surface area contributed by atoms with E-state index in [0.29, 0.717) is 0 Å². The minimum absolute atomic E-state index is 0.833. The van der Waals surface area contributed by atoms with Crippen LogP contribution in [0.4, 0.5) is 0 Å². The molecule has 0 atom stereocenters. The molecule has 0 N–H and O–H groups in total. The molecule has 0 aliphatic rings. The molecule has 0 aliphatic carbocycles. The van der Waals surface area contributed by atoms with Crippen LogP contribution in [0.1, 0.15) is 0 Å². The summed E-state index contributed by atoms with van der Waals surface area (Å²) in [5.74, 6) is 0.833. The Labute approximate surface area is 149 Å². The molecule has 24 heavy (non-hydrogen) atoms. The molecule has 0 fully saturated rings. The molecule has 0 radical (unpaired) electrons. The van der Waals surface area contributed by atoms with Gasteiger partial charge in [0.2, 0.25) is 0 Å². The first-order valence-electron chi connectivity index (χ1n) is 7.44. The third kappa shape index (κ3) is 2.60. The van der Waals surface area contributed by atoms with Gasteiger partial charge >= 0.3 is 0 Å². The third-order valence-corrected chi connectivity index (χ3v) is 5.46. The number of nitrogens with zero attached hydrogens (tertiary/aromatic N) is 2. The molecule has 3 nitrogen and oxygen atoms in total. The Morgan fingerprint density at radius 1 is 0.875 bits per heavy atom. The number of pyridine rings is 2. The monoisotopic (exact) mass is 350 g/mol. The summed E-state index contributed by atoms with van der Waals surface area (Å²) in [5.41, 5.74) is 1.87. The van der Waals surface area contributed by atoms with Gasteiger partial charge in [0.1, 0.15) is 5.75 Å². The van der Waals surface area contributed by atoms with E-state index >= 15 is 0 Å². The average molecular weight is 350 g/mol. The molecule has 0 amide bonds. The lowest BCUT2D eigenvalue weighted by Crippen LogP contribution is -1.92. The van der Waals surface area contributed by atoms with E-state index in [4.69, 9.17) is 4.74 Å². The van der Waals surface area contributed by atoms with Crippen molar-refractivity contribution in [2.24, 2.45) is 0 Å². The maximum absolute atomic E-state index is 5.68. The Balaban J connectivity index is 1.90. The highest BCUT2D eigenvalue weighted by molar-refractivity contribution is 8.00. The Morgan fingerprint density at radius 3 is 2.25 bits per heavy atom. The molecule has 2 aromatic heterocycles. The molecule has 2 heterocycles.